The molecule has 18 heavy (non-hydrogen) atoms. The third-order valence-electron chi connectivity index (χ3n) is 3.62. The van der Waals surface area contributed by atoms with E-state index in [-0.39, 0.29) is 0 Å². The Morgan fingerprint density at radius 2 is 2.22 bits per heavy atom. The number of para-hydroxylation sites is 1. The number of ether oxygens (including phenoxy) is 1. The van der Waals surface area contributed by atoms with E-state index in [0.29, 0.717) is 6.04 Å². The molecule has 0 radical (unpaired) electrons. The lowest BCUT2D eigenvalue weighted by atomic mass is 10.2. The zero-order valence-electron chi connectivity index (χ0n) is 10.6. The fraction of sp³-hybridized carbons (Fsp3) is 0.467. The Balaban J connectivity index is 1.50. The molecule has 3 heteroatoms. The number of aromatic nitrogens is 1. The topological polar surface area (TPSA) is 26.2 Å². The van der Waals surface area contributed by atoms with E-state index < -0.39 is 0 Å². The van der Waals surface area contributed by atoms with Gasteiger partial charge >= 0.3 is 0 Å². The Hall–Kier alpha value is -1.32. The zero-order chi connectivity index (χ0) is 12.2. The molecule has 1 atom stereocenters. The Bertz CT molecular complexity index is 500. The summed E-state index contributed by atoms with van der Waals surface area (Å²) in [6.45, 7) is 3.95. The summed E-state index contributed by atoms with van der Waals surface area (Å²) in [5, 5.41) is 4.88. The van der Waals surface area contributed by atoms with Gasteiger partial charge in [0.2, 0.25) is 0 Å². The summed E-state index contributed by atoms with van der Waals surface area (Å²) in [7, 11) is 0. The van der Waals surface area contributed by atoms with Crippen molar-refractivity contribution in [3.05, 3.63) is 36.5 Å². The van der Waals surface area contributed by atoms with E-state index in [1.807, 2.05) is 0 Å². The summed E-state index contributed by atoms with van der Waals surface area (Å²) in [4.78, 5) is 0. The van der Waals surface area contributed by atoms with Crippen LogP contribution in [0.1, 0.15) is 12.8 Å². The monoisotopic (exact) mass is 244 g/mol. The summed E-state index contributed by atoms with van der Waals surface area (Å²) in [6.07, 6.45) is 4.50. The summed E-state index contributed by atoms with van der Waals surface area (Å²) >= 11 is 0. The lowest BCUT2D eigenvalue weighted by molar-refractivity contribution is 0.190. The van der Waals surface area contributed by atoms with Gasteiger partial charge in [-0.1, -0.05) is 18.2 Å². The molecule has 1 saturated heterocycles. The van der Waals surface area contributed by atoms with Gasteiger partial charge in [0.25, 0.3) is 0 Å². The van der Waals surface area contributed by atoms with Gasteiger partial charge in [0, 0.05) is 30.9 Å². The smallest absolute Gasteiger partial charge is 0.0620 e. The minimum Gasteiger partial charge on any atom is -0.380 e. The van der Waals surface area contributed by atoms with Gasteiger partial charge in [0.15, 0.2) is 0 Å². The van der Waals surface area contributed by atoms with E-state index in [1.54, 1.807) is 0 Å². The van der Waals surface area contributed by atoms with E-state index in [1.165, 1.54) is 10.9 Å². The van der Waals surface area contributed by atoms with Crippen molar-refractivity contribution in [2.24, 2.45) is 0 Å². The van der Waals surface area contributed by atoms with Gasteiger partial charge in [0.1, 0.15) is 0 Å². The Labute approximate surface area is 108 Å². The number of hydrogen-bond donors (Lipinski definition) is 1. The van der Waals surface area contributed by atoms with Gasteiger partial charge < -0.3 is 14.6 Å². The minimum atomic E-state index is 0.575. The van der Waals surface area contributed by atoms with Crippen molar-refractivity contribution < 1.29 is 4.74 Å². The predicted molar refractivity (Wildman–Crippen MR) is 73.8 cm³/mol. The van der Waals surface area contributed by atoms with Gasteiger partial charge in [-0.15, -0.1) is 0 Å². The molecule has 1 fully saturated rings. The van der Waals surface area contributed by atoms with Gasteiger partial charge in [-0.2, -0.15) is 0 Å². The van der Waals surface area contributed by atoms with Gasteiger partial charge in [-0.25, -0.2) is 0 Å². The van der Waals surface area contributed by atoms with Crippen LogP contribution in [-0.2, 0) is 11.3 Å². The summed E-state index contributed by atoms with van der Waals surface area (Å²) < 4.78 is 7.69. The maximum absolute atomic E-state index is 5.35. The first kappa shape index (κ1) is 11.8. The predicted octanol–water partition coefficient (Wildman–Crippen LogP) is 2.41. The first-order chi connectivity index (χ1) is 8.93. The fourth-order valence-corrected chi connectivity index (χ4v) is 2.59. The van der Waals surface area contributed by atoms with Crippen LogP contribution in [0.15, 0.2) is 36.5 Å². The molecule has 1 aromatic carbocycles. The van der Waals surface area contributed by atoms with Crippen molar-refractivity contribution >= 4 is 10.9 Å². The van der Waals surface area contributed by atoms with Crippen LogP contribution < -0.4 is 5.32 Å². The normalized spacial score (nSPS) is 19.7. The zero-order valence-corrected chi connectivity index (χ0v) is 10.6. The summed E-state index contributed by atoms with van der Waals surface area (Å²) in [6, 6.07) is 11.3. The molecule has 2 aromatic rings. The highest BCUT2D eigenvalue weighted by Crippen LogP contribution is 2.15. The molecule has 3 rings (SSSR count). The first-order valence-electron chi connectivity index (χ1n) is 6.78. The molecule has 0 saturated carbocycles. The second-order valence-corrected chi connectivity index (χ2v) is 4.94. The summed E-state index contributed by atoms with van der Waals surface area (Å²) in [5.74, 6) is 0. The van der Waals surface area contributed by atoms with Crippen molar-refractivity contribution in [3.63, 3.8) is 0 Å². The molecule has 1 aromatic heterocycles. The first-order valence-corrected chi connectivity index (χ1v) is 6.78. The van der Waals surface area contributed by atoms with Crippen molar-refractivity contribution in [2.45, 2.75) is 25.4 Å². The van der Waals surface area contributed by atoms with Crippen LogP contribution >= 0.6 is 0 Å². The second-order valence-electron chi connectivity index (χ2n) is 4.94. The molecule has 1 aliphatic heterocycles. The van der Waals surface area contributed by atoms with E-state index in [4.69, 9.17) is 4.74 Å². The van der Waals surface area contributed by atoms with Crippen LogP contribution in [0.3, 0.4) is 0 Å². The standard InChI is InChI=1S/C15H20N2O/c1-2-5-15-13(4-1)6-10-17(15)9-3-8-16-14-7-11-18-12-14/h1-2,4-6,10,14,16H,3,7-9,11-12H2. The Kier molecular flexibility index (Phi) is 3.62. The summed E-state index contributed by atoms with van der Waals surface area (Å²) in [5.41, 5.74) is 1.33. The van der Waals surface area contributed by atoms with Crippen LogP contribution in [0, 0.1) is 0 Å². The molecule has 0 bridgehead atoms. The van der Waals surface area contributed by atoms with Crippen molar-refractivity contribution in [1.82, 2.24) is 9.88 Å². The molecule has 1 aliphatic rings. The highest BCUT2D eigenvalue weighted by Gasteiger charge is 2.13. The van der Waals surface area contributed by atoms with Crippen molar-refractivity contribution in [3.8, 4) is 0 Å². The molecule has 1 unspecified atom stereocenters. The van der Waals surface area contributed by atoms with Crippen molar-refractivity contribution in [1.29, 1.82) is 0 Å². The quantitative estimate of drug-likeness (QED) is 0.817. The number of nitrogens with one attached hydrogen (secondary N) is 1. The number of hydrogen-bond acceptors (Lipinski definition) is 2. The third-order valence-corrected chi connectivity index (χ3v) is 3.62. The molecular formula is C15H20N2O. The molecule has 2 heterocycles. The Morgan fingerprint density at radius 1 is 1.28 bits per heavy atom. The lowest BCUT2D eigenvalue weighted by Gasteiger charge is -2.11. The molecule has 0 spiro atoms. The highest BCUT2D eigenvalue weighted by molar-refractivity contribution is 5.79. The number of rotatable bonds is 5. The number of benzene rings is 1. The van der Waals surface area contributed by atoms with E-state index in [2.05, 4.69) is 46.4 Å². The van der Waals surface area contributed by atoms with Gasteiger partial charge in [-0.3, -0.25) is 0 Å². The van der Waals surface area contributed by atoms with E-state index >= 15 is 0 Å². The molecule has 3 nitrogen and oxygen atoms in total. The van der Waals surface area contributed by atoms with Crippen LogP contribution in [-0.4, -0.2) is 30.4 Å². The SMILES string of the molecule is c1ccc2c(c1)ccn2CCCNC1CCOC1. The molecule has 0 aliphatic carbocycles. The average molecular weight is 244 g/mol. The van der Waals surface area contributed by atoms with Crippen LogP contribution in [0.4, 0.5) is 0 Å². The Morgan fingerprint density at radius 3 is 3.11 bits per heavy atom. The van der Waals surface area contributed by atoms with Crippen LogP contribution in [0.25, 0.3) is 10.9 Å². The third kappa shape index (κ3) is 2.57. The van der Waals surface area contributed by atoms with Crippen LogP contribution in [0.5, 0.6) is 0 Å². The van der Waals surface area contributed by atoms with E-state index in [0.717, 1.165) is 39.1 Å². The number of nitrogens with zero attached hydrogens (tertiary/aromatic N) is 1. The highest BCUT2D eigenvalue weighted by atomic mass is 16.5. The van der Waals surface area contributed by atoms with Gasteiger partial charge in [-0.05, 0) is 36.9 Å². The fourth-order valence-electron chi connectivity index (χ4n) is 2.59. The van der Waals surface area contributed by atoms with Gasteiger partial charge in [0.05, 0.1) is 6.61 Å². The lowest BCUT2D eigenvalue weighted by Crippen LogP contribution is -2.30. The molecular weight excluding hydrogens is 224 g/mol. The van der Waals surface area contributed by atoms with E-state index in [9.17, 15) is 0 Å². The number of aryl methyl sites for hydroxylation is 1. The molecule has 0 amide bonds. The maximum Gasteiger partial charge on any atom is 0.0620 e. The van der Waals surface area contributed by atoms with Crippen molar-refractivity contribution in [2.75, 3.05) is 19.8 Å². The minimum absolute atomic E-state index is 0.575. The average Bonchev–Trinajstić information content (AvgIpc) is 3.04. The largest absolute Gasteiger partial charge is 0.380 e. The van der Waals surface area contributed by atoms with Crippen LogP contribution in [0.2, 0.25) is 0 Å². The number of fused-ring (bicyclic) bond motifs is 1. The molecule has 96 valence electrons. The maximum atomic E-state index is 5.35. The second kappa shape index (κ2) is 5.55. The molecule has 1 N–H and O–H groups in total.